The molecule has 28 heavy (non-hydrogen) atoms. The van der Waals surface area contributed by atoms with E-state index in [4.69, 9.17) is 9.47 Å². The molecule has 0 bridgehead atoms. The molecule has 0 spiro atoms. The maximum atomic E-state index is 13.6. The predicted molar refractivity (Wildman–Crippen MR) is 104 cm³/mol. The quantitative estimate of drug-likeness (QED) is 0.553. The summed E-state index contributed by atoms with van der Waals surface area (Å²) in [5.41, 5.74) is -5.15. The van der Waals surface area contributed by atoms with E-state index in [1.54, 1.807) is 13.8 Å². The van der Waals surface area contributed by atoms with E-state index in [2.05, 4.69) is 0 Å². The fourth-order valence-electron chi connectivity index (χ4n) is 5.91. The van der Waals surface area contributed by atoms with Gasteiger partial charge >= 0.3 is 5.97 Å². The van der Waals surface area contributed by atoms with Gasteiger partial charge in [0.2, 0.25) is 0 Å². The van der Waals surface area contributed by atoms with Gasteiger partial charge in [-0.3, -0.25) is 9.59 Å². The van der Waals surface area contributed by atoms with Gasteiger partial charge in [0, 0.05) is 13.3 Å². The van der Waals surface area contributed by atoms with Gasteiger partial charge < -0.3 is 19.7 Å². The zero-order chi connectivity index (χ0) is 21.3. The number of carbonyl (C=O) groups excluding carboxylic acids is 2. The van der Waals surface area contributed by atoms with Gasteiger partial charge in [-0.2, -0.15) is 0 Å². The number of aliphatic hydroxyl groups is 2. The van der Waals surface area contributed by atoms with Crippen LogP contribution in [0.25, 0.3) is 0 Å². The number of esters is 1. The van der Waals surface area contributed by atoms with Gasteiger partial charge in [0.25, 0.3) is 0 Å². The second kappa shape index (κ2) is 6.13. The Morgan fingerprint density at radius 3 is 2.43 bits per heavy atom. The zero-order valence-corrected chi connectivity index (χ0v) is 18.1. The summed E-state index contributed by atoms with van der Waals surface area (Å²) in [5, 5.41) is 23.2. The number of Topliss-reactive ketones (excluding diaryl/α,β-unsaturated/α-hetero) is 1. The Kier molecular flexibility index (Phi) is 4.70. The normalized spacial score (nSPS) is 47.6. The number of ether oxygens (including phenoxy) is 2. The molecule has 2 aliphatic carbocycles. The Balaban J connectivity index is 2.33. The SMILES string of the molecule is CC[C@@]1(C)CC(=O)[C@@]2(O)[C@](C)(O1)[C@@H](OC(C)=O)C=C1C(C)(C)CC[C@H](O)[C@@]12C. The van der Waals surface area contributed by atoms with Crippen LogP contribution < -0.4 is 0 Å². The van der Waals surface area contributed by atoms with E-state index >= 15 is 0 Å². The summed E-state index contributed by atoms with van der Waals surface area (Å²) >= 11 is 0. The van der Waals surface area contributed by atoms with E-state index < -0.39 is 40.4 Å². The van der Waals surface area contributed by atoms with Crippen molar-refractivity contribution < 1.29 is 29.3 Å². The lowest BCUT2D eigenvalue weighted by molar-refractivity contribution is -0.313. The van der Waals surface area contributed by atoms with Gasteiger partial charge in [0.05, 0.1) is 17.1 Å². The first kappa shape index (κ1) is 21.5. The lowest BCUT2D eigenvalue weighted by atomic mass is 9.44. The fraction of sp³-hybridized carbons (Fsp3) is 0.818. The third kappa shape index (κ3) is 2.50. The van der Waals surface area contributed by atoms with Crippen molar-refractivity contribution in [3.63, 3.8) is 0 Å². The van der Waals surface area contributed by atoms with Gasteiger partial charge in [-0.25, -0.2) is 0 Å². The van der Waals surface area contributed by atoms with Crippen molar-refractivity contribution in [2.75, 3.05) is 0 Å². The first-order valence-electron chi connectivity index (χ1n) is 10.2. The number of rotatable bonds is 2. The van der Waals surface area contributed by atoms with E-state index in [9.17, 15) is 19.8 Å². The van der Waals surface area contributed by atoms with Crippen molar-refractivity contribution in [1.29, 1.82) is 0 Å². The molecule has 0 aromatic rings. The average molecular weight is 395 g/mol. The third-order valence-electron chi connectivity index (χ3n) is 7.77. The molecule has 1 heterocycles. The van der Waals surface area contributed by atoms with Crippen LogP contribution in [0, 0.1) is 10.8 Å². The van der Waals surface area contributed by atoms with Crippen molar-refractivity contribution in [3.05, 3.63) is 11.6 Å². The van der Waals surface area contributed by atoms with Gasteiger partial charge in [0.15, 0.2) is 17.5 Å². The molecule has 3 rings (SSSR count). The van der Waals surface area contributed by atoms with Crippen molar-refractivity contribution in [1.82, 2.24) is 0 Å². The van der Waals surface area contributed by atoms with Crippen molar-refractivity contribution in [2.24, 2.45) is 10.8 Å². The Bertz CT molecular complexity index is 741. The minimum absolute atomic E-state index is 0.0401. The van der Waals surface area contributed by atoms with Crippen LogP contribution >= 0.6 is 0 Å². The standard InChI is InChI=1S/C22H34O6/c1-8-19(5)12-16(25)22(26)20(6)14(18(3,4)10-9-15(20)24)11-17(27-13(2)23)21(22,7)28-19/h11,15,17,24,26H,8-10,12H2,1-7H3/t15-,17-,19-,20+,21+,22-/m0/s1. The number of aliphatic hydroxyl groups excluding tert-OH is 1. The van der Waals surface area contributed by atoms with Crippen LogP contribution in [0.1, 0.15) is 74.1 Å². The minimum atomic E-state index is -2.02. The second-order valence-electron chi connectivity index (χ2n) is 10.1. The Morgan fingerprint density at radius 1 is 1.29 bits per heavy atom. The molecule has 1 aliphatic heterocycles. The summed E-state index contributed by atoms with van der Waals surface area (Å²) in [5.74, 6) is -0.879. The molecule has 6 atom stereocenters. The molecule has 0 amide bonds. The van der Waals surface area contributed by atoms with E-state index in [1.807, 2.05) is 33.8 Å². The van der Waals surface area contributed by atoms with Crippen LogP contribution in [0.4, 0.5) is 0 Å². The highest BCUT2D eigenvalue weighted by Crippen LogP contribution is 2.64. The summed E-state index contributed by atoms with van der Waals surface area (Å²) in [7, 11) is 0. The lowest BCUT2D eigenvalue weighted by Gasteiger charge is -2.67. The van der Waals surface area contributed by atoms with Crippen molar-refractivity contribution in [2.45, 2.75) is 103 Å². The van der Waals surface area contributed by atoms with Gasteiger partial charge in [-0.15, -0.1) is 0 Å². The van der Waals surface area contributed by atoms with Crippen LogP contribution in [-0.2, 0) is 19.1 Å². The van der Waals surface area contributed by atoms with Crippen molar-refractivity contribution in [3.8, 4) is 0 Å². The highest BCUT2D eigenvalue weighted by molar-refractivity contribution is 5.93. The Hall–Kier alpha value is -1.24. The maximum Gasteiger partial charge on any atom is 0.303 e. The van der Waals surface area contributed by atoms with Crippen LogP contribution in [0.5, 0.6) is 0 Å². The maximum absolute atomic E-state index is 13.6. The number of hydrogen-bond donors (Lipinski definition) is 2. The van der Waals surface area contributed by atoms with Crippen LogP contribution in [0.15, 0.2) is 11.6 Å². The van der Waals surface area contributed by atoms with Gasteiger partial charge in [-0.1, -0.05) is 26.3 Å². The Labute approximate surface area is 167 Å². The van der Waals surface area contributed by atoms with Gasteiger partial charge in [0.1, 0.15) is 5.60 Å². The fourth-order valence-corrected chi connectivity index (χ4v) is 5.91. The third-order valence-corrected chi connectivity index (χ3v) is 7.77. The molecule has 1 saturated carbocycles. The molecule has 0 unspecified atom stereocenters. The summed E-state index contributed by atoms with van der Waals surface area (Å²) < 4.78 is 12.0. The van der Waals surface area contributed by atoms with Crippen LogP contribution in [-0.4, -0.2) is 51.0 Å². The molecular weight excluding hydrogens is 360 g/mol. The Morgan fingerprint density at radius 2 is 1.89 bits per heavy atom. The first-order valence-corrected chi connectivity index (χ1v) is 10.2. The summed E-state index contributed by atoms with van der Waals surface area (Å²) in [6.07, 6.45) is 1.75. The molecular formula is C22H34O6. The number of fused-ring (bicyclic) bond motifs is 3. The zero-order valence-electron chi connectivity index (χ0n) is 18.1. The van der Waals surface area contributed by atoms with E-state index in [-0.39, 0.29) is 17.6 Å². The molecule has 158 valence electrons. The van der Waals surface area contributed by atoms with Crippen LogP contribution in [0.3, 0.4) is 0 Å². The lowest BCUT2D eigenvalue weighted by Crippen LogP contribution is -2.81. The molecule has 2 fully saturated rings. The number of hydrogen-bond acceptors (Lipinski definition) is 6. The predicted octanol–water partition coefficient (Wildman–Crippen LogP) is 2.69. The molecule has 0 radical (unpaired) electrons. The average Bonchev–Trinajstić information content (AvgIpc) is 2.57. The summed E-state index contributed by atoms with van der Waals surface area (Å²) in [6, 6.07) is 0. The topological polar surface area (TPSA) is 93.1 Å². The van der Waals surface area contributed by atoms with Gasteiger partial charge in [-0.05, 0) is 51.5 Å². The monoisotopic (exact) mass is 394 g/mol. The van der Waals surface area contributed by atoms with Crippen molar-refractivity contribution >= 4 is 11.8 Å². The summed E-state index contributed by atoms with van der Waals surface area (Å²) in [4.78, 5) is 25.5. The molecule has 6 nitrogen and oxygen atoms in total. The number of carbonyl (C=O) groups is 2. The second-order valence-corrected chi connectivity index (χ2v) is 10.1. The highest BCUT2D eigenvalue weighted by Gasteiger charge is 2.76. The smallest absolute Gasteiger partial charge is 0.303 e. The van der Waals surface area contributed by atoms with E-state index in [0.29, 0.717) is 19.3 Å². The van der Waals surface area contributed by atoms with E-state index in [0.717, 1.165) is 5.57 Å². The van der Waals surface area contributed by atoms with E-state index in [1.165, 1.54) is 6.92 Å². The molecule has 0 aromatic carbocycles. The molecule has 2 N–H and O–H groups in total. The first-order chi connectivity index (χ1) is 12.7. The highest BCUT2D eigenvalue weighted by atomic mass is 16.6. The summed E-state index contributed by atoms with van der Waals surface area (Å²) in [6.45, 7) is 12.5. The largest absolute Gasteiger partial charge is 0.455 e. The molecule has 1 saturated heterocycles. The molecule has 0 aromatic heterocycles. The molecule has 3 aliphatic rings. The number of ketones is 1. The molecule has 6 heteroatoms. The van der Waals surface area contributed by atoms with Crippen LogP contribution in [0.2, 0.25) is 0 Å². The minimum Gasteiger partial charge on any atom is -0.455 e.